The van der Waals surface area contributed by atoms with E-state index in [-0.39, 0.29) is 5.69 Å². The summed E-state index contributed by atoms with van der Waals surface area (Å²) in [6.07, 6.45) is 0. The van der Waals surface area contributed by atoms with Gasteiger partial charge in [-0.2, -0.15) is 9.97 Å². The number of nitrogens with zero attached hydrogens (tertiary/aromatic N) is 7. The lowest BCUT2D eigenvalue weighted by molar-refractivity contribution is -0.384. The first-order valence-corrected chi connectivity index (χ1v) is 9.31. The van der Waals surface area contributed by atoms with Crippen molar-refractivity contribution in [3.63, 3.8) is 0 Å². The molecule has 0 fully saturated rings. The van der Waals surface area contributed by atoms with Crippen molar-refractivity contribution in [3.05, 3.63) is 57.2 Å². The molecular weight excluding hydrogens is 382 g/mol. The van der Waals surface area contributed by atoms with Crippen molar-refractivity contribution >= 4 is 23.2 Å². The minimum absolute atomic E-state index is 0.0272. The second-order valence-electron chi connectivity index (χ2n) is 6.12. The molecule has 4 aromatic rings. The van der Waals surface area contributed by atoms with Gasteiger partial charge in [0.2, 0.25) is 16.9 Å². The predicted octanol–water partition coefficient (Wildman–Crippen LogP) is 3.30. The lowest BCUT2D eigenvalue weighted by Crippen LogP contribution is -2.02. The van der Waals surface area contributed by atoms with Gasteiger partial charge in [-0.05, 0) is 26.3 Å². The molecule has 10 nitrogen and oxygen atoms in total. The highest BCUT2D eigenvalue weighted by molar-refractivity contribution is 7.98. The van der Waals surface area contributed by atoms with Crippen molar-refractivity contribution < 1.29 is 9.45 Å². The minimum atomic E-state index is -0.463. The van der Waals surface area contributed by atoms with Crippen LogP contribution >= 0.6 is 11.8 Å². The van der Waals surface area contributed by atoms with Gasteiger partial charge in [-0.1, -0.05) is 29.1 Å². The number of aryl methyl sites for hydroxylation is 2. The zero-order valence-electron chi connectivity index (χ0n) is 15.3. The van der Waals surface area contributed by atoms with Crippen molar-refractivity contribution in [3.8, 4) is 11.4 Å². The molecule has 11 heteroatoms. The van der Waals surface area contributed by atoms with E-state index in [1.165, 1.54) is 23.9 Å². The summed E-state index contributed by atoms with van der Waals surface area (Å²) < 4.78 is 6.96. The molecule has 1 aromatic carbocycles. The van der Waals surface area contributed by atoms with Gasteiger partial charge in [-0.3, -0.25) is 10.1 Å². The standard InChI is InChI=1S/C17H15N7O3S/c1-9-10(2)18-16-20-17(21-23(16)11(9)3)28-8-14-19-15(22-27-14)12-5-4-6-13(7-12)24(25)26/h4-7H,8H2,1-3H3. The molecule has 0 amide bonds. The molecule has 28 heavy (non-hydrogen) atoms. The van der Waals surface area contributed by atoms with Gasteiger partial charge < -0.3 is 4.52 Å². The van der Waals surface area contributed by atoms with Gasteiger partial charge >= 0.3 is 0 Å². The van der Waals surface area contributed by atoms with Crippen LogP contribution in [0.5, 0.6) is 0 Å². The van der Waals surface area contributed by atoms with Crippen molar-refractivity contribution in [2.24, 2.45) is 0 Å². The van der Waals surface area contributed by atoms with E-state index in [0.29, 0.717) is 34.0 Å². The zero-order chi connectivity index (χ0) is 19.8. The summed E-state index contributed by atoms with van der Waals surface area (Å²) in [5.41, 5.74) is 3.49. The van der Waals surface area contributed by atoms with E-state index in [1.807, 2.05) is 20.8 Å². The first-order valence-electron chi connectivity index (χ1n) is 8.33. The molecule has 3 heterocycles. The van der Waals surface area contributed by atoms with Crippen molar-refractivity contribution in [1.82, 2.24) is 29.7 Å². The van der Waals surface area contributed by atoms with Gasteiger partial charge in [0.05, 0.1) is 10.7 Å². The van der Waals surface area contributed by atoms with Crippen LogP contribution in [-0.4, -0.2) is 34.6 Å². The van der Waals surface area contributed by atoms with Crippen LogP contribution in [0.15, 0.2) is 33.9 Å². The highest BCUT2D eigenvalue weighted by Gasteiger charge is 2.15. The van der Waals surface area contributed by atoms with Crippen LogP contribution in [0.2, 0.25) is 0 Å². The maximum Gasteiger partial charge on any atom is 0.270 e. The Morgan fingerprint density at radius 1 is 1.21 bits per heavy atom. The molecule has 3 aromatic heterocycles. The monoisotopic (exact) mass is 397 g/mol. The smallest absolute Gasteiger partial charge is 0.270 e. The van der Waals surface area contributed by atoms with Crippen molar-refractivity contribution in [2.45, 2.75) is 31.7 Å². The Morgan fingerprint density at radius 3 is 2.82 bits per heavy atom. The fourth-order valence-corrected chi connectivity index (χ4v) is 3.27. The number of rotatable bonds is 5. The highest BCUT2D eigenvalue weighted by atomic mass is 32.2. The minimum Gasteiger partial charge on any atom is -0.338 e. The summed E-state index contributed by atoms with van der Waals surface area (Å²) >= 11 is 1.35. The Balaban J connectivity index is 1.52. The molecule has 0 saturated heterocycles. The number of thioether (sulfide) groups is 1. The van der Waals surface area contributed by atoms with E-state index in [0.717, 1.165) is 17.0 Å². The number of fused-ring (bicyclic) bond motifs is 1. The lowest BCUT2D eigenvalue weighted by Gasteiger charge is -2.04. The number of nitro benzene ring substituents is 1. The van der Waals surface area contributed by atoms with E-state index in [2.05, 4.69) is 25.2 Å². The third-order valence-electron chi connectivity index (χ3n) is 4.35. The molecule has 4 rings (SSSR count). The molecule has 0 aliphatic heterocycles. The number of benzene rings is 1. The molecule has 0 N–H and O–H groups in total. The summed E-state index contributed by atoms with van der Waals surface area (Å²) in [4.78, 5) is 23.6. The normalized spacial score (nSPS) is 11.2. The molecular formula is C17H15N7O3S. The van der Waals surface area contributed by atoms with Crippen LogP contribution in [0.1, 0.15) is 22.8 Å². The first kappa shape index (κ1) is 18.0. The second kappa shape index (κ2) is 7.00. The van der Waals surface area contributed by atoms with E-state index in [4.69, 9.17) is 4.52 Å². The van der Waals surface area contributed by atoms with Crippen LogP contribution in [0.3, 0.4) is 0 Å². The third kappa shape index (κ3) is 3.31. The fraction of sp³-hybridized carbons (Fsp3) is 0.235. The Morgan fingerprint density at radius 2 is 2.04 bits per heavy atom. The summed E-state index contributed by atoms with van der Waals surface area (Å²) in [5, 5.41) is 19.8. The average molecular weight is 397 g/mol. The maximum absolute atomic E-state index is 10.9. The van der Waals surface area contributed by atoms with E-state index >= 15 is 0 Å². The summed E-state index contributed by atoms with van der Waals surface area (Å²) in [5.74, 6) is 1.59. The summed E-state index contributed by atoms with van der Waals surface area (Å²) in [6, 6.07) is 6.09. The fourth-order valence-electron chi connectivity index (χ4n) is 2.61. The molecule has 0 aliphatic carbocycles. The number of aromatic nitrogens is 6. The predicted molar refractivity (Wildman–Crippen MR) is 101 cm³/mol. The Hall–Kier alpha value is -3.34. The molecule has 0 saturated carbocycles. The van der Waals surface area contributed by atoms with Crippen molar-refractivity contribution in [2.75, 3.05) is 0 Å². The SMILES string of the molecule is Cc1nc2nc(SCc3nc(-c4cccc([N+](=O)[O-])c4)no3)nn2c(C)c1C. The molecule has 0 bridgehead atoms. The molecule has 142 valence electrons. The van der Waals surface area contributed by atoms with Crippen molar-refractivity contribution in [1.29, 1.82) is 0 Å². The number of nitro groups is 1. The molecule has 0 radical (unpaired) electrons. The summed E-state index contributed by atoms with van der Waals surface area (Å²) in [6.45, 7) is 5.92. The number of non-ortho nitro benzene ring substituents is 1. The van der Waals surface area contributed by atoms with E-state index in [9.17, 15) is 10.1 Å². The van der Waals surface area contributed by atoms with Gasteiger partial charge in [0, 0.05) is 29.1 Å². The maximum atomic E-state index is 10.9. The molecule has 0 spiro atoms. The van der Waals surface area contributed by atoms with E-state index in [1.54, 1.807) is 16.6 Å². The number of hydrogen-bond acceptors (Lipinski definition) is 9. The van der Waals surface area contributed by atoms with Crippen LogP contribution in [0.4, 0.5) is 5.69 Å². The highest BCUT2D eigenvalue weighted by Crippen LogP contribution is 2.24. The Labute approximate surface area is 163 Å². The third-order valence-corrected chi connectivity index (χ3v) is 5.17. The number of hydrogen-bond donors (Lipinski definition) is 0. The second-order valence-corrected chi connectivity index (χ2v) is 7.06. The largest absolute Gasteiger partial charge is 0.338 e. The van der Waals surface area contributed by atoms with E-state index < -0.39 is 4.92 Å². The quantitative estimate of drug-likeness (QED) is 0.283. The molecule has 0 atom stereocenters. The van der Waals surface area contributed by atoms with Crippen LogP contribution in [-0.2, 0) is 5.75 Å². The van der Waals surface area contributed by atoms with Gasteiger partial charge in [0.1, 0.15) is 0 Å². The summed E-state index contributed by atoms with van der Waals surface area (Å²) in [7, 11) is 0. The Kier molecular flexibility index (Phi) is 4.51. The van der Waals surface area contributed by atoms with Crippen LogP contribution < -0.4 is 0 Å². The zero-order valence-corrected chi connectivity index (χ0v) is 16.1. The van der Waals surface area contributed by atoms with Gasteiger partial charge in [0.25, 0.3) is 11.5 Å². The van der Waals surface area contributed by atoms with Crippen LogP contribution in [0.25, 0.3) is 17.2 Å². The first-order chi connectivity index (χ1) is 13.4. The van der Waals surface area contributed by atoms with Gasteiger partial charge in [-0.15, -0.1) is 5.10 Å². The molecule has 0 unspecified atom stereocenters. The molecule has 0 aliphatic rings. The van der Waals surface area contributed by atoms with Crippen LogP contribution in [0, 0.1) is 30.9 Å². The topological polar surface area (TPSA) is 125 Å². The lowest BCUT2D eigenvalue weighted by atomic mass is 10.2. The Bertz CT molecular complexity index is 1200. The average Bonchev–Trinajstić information content (AvgIpc) is 3.31. The van der Waals surface area contributed by atoms with Gasteiger partial charge in [-0.25, -0.2) is 9.50 Å². The van der Waals surface area contributed by atoms with Gasteiger partial charge in [0.15, 0.2) is 0 Å².